The highest BCUT2D eigenvalue weighted by Gasteiger charge is 2.21. The number of carbonyl (C=O) groups excluding carboxylic acids is 2. The lowest BCUT2D eigenvalue weighted by atomic mass is 10.1. The molecule has 1 amide bonds. The predicted octanol–water partition coefficient (Wildman–Crippen LogP) is 3.01. The molecule has 7 nitrogen and oxygen atoms in total. The number of fused-ring (bicyclic) bond motifs is 1. The van der Waals surface area contributed by atoms with Crippen molar-refractivity contribution >= 4 is 39.1 Å². The molecule has 0 saturated heterocycles. The van der Waals surface area contributed by atoms with Gasteiger partial charge in [0.1, 0.15) is 15.5 Å². The Hall–Kier alpha value is -3.00. The number of rotatable bonds is 4. The number of aromatic amines is 1. The van der Waals surface area contributed by atoms with Crippen molar-refractivity contribution in [2.75, 3.05) is 11.9 Å². The van der Waals surface area contributed by atoms with Gasteiger partial charge in [0, 0.05) is 5.69 Å². The molecule has 0 fully saturated rings. The van der Waals surface area contributed by atoms with E-state index in [0.717, 1.165) is 22.5 Å². The fourth-order valence-corrected chi connectivity index (χ4v) is 3.90. The minimum Gasteiger partial charge on any atom is -0.451 e. The number of amides is 1. The summed E-state index contributed by atoms with van der Waals surface area (Å²) in [6.07, 6.45) is 0. The Bertz CT molecular complexity index is 1110. The Morgan fingerprint density at radius 1 is 1.22 bits per heavy atom. The number of H-pyrrole nitrogens is 1. The Labute approximate surface area is 159 Å². The van der Waals surface area contributed by atoms with Crippen LogP contribution in [0.1, 0.15) is 32.2 Å². The van der Waals surface area contributed by atoms with Crippen LogP contribution < -0.4 is 10.9 Å². The van der Waals surface area contributed by atoms with E-state index in [2.05, 4.69) is 15.3 Å². The van der Waals surface area contributed by atoms with E-state index in [1.165, 1.54) is 0 Å². The van der Waals surface area contributed by atoms with Crippen molar-refractivity contribution in [1.82, 2.24) is 9.97 Å². The Kier molecular flexibility index (Phi) is 5.09. The molecule has 2 heterocycles. The molecule has 0 aliphatic rings. The number of ether oxygens (including phenoxy) is 1. The number of esters is 1. The number of nitrogens with one attached hydrogen (secondary N) is 2. The van der Waals surface area contributed by atoms with Crippen LogP contribution in [0.5, 0.6) is 0 Å². The maximum absolute atomic E-state index is 12.4. The molecule has 0 atom stereocenters. The first kappa shape index (κ1) is 18.8. The Morgan fingerprint density at radius 2 is 1.96 bits per heavy atom. The number of aromatic nitrogens is 2. The van der Waals surface area contributed by atoms with E-state index in [-0.39, 0.29) is 10.4 Å². The molecule has 140 valence electrons. The van der Waals surface area contributed by atoms with E-state index >= 15 is 0 Å². The van der Waals surface area contributed by atoms with Crippen LogP contribution in [0.15, 0.2) is 23.0 Å². The zero-order valence-electron chi connectivity index (χ0n) is 15.4. The first-order valence-electron chi connectivity index (χ1n) is 8.30. The zero-order valence-corrected chi connectivity index (χ0v) is 16.2. The van der Waals surface area contributed by atoms with Gasteiger partial charge >= 0.3 is 5.97 Å². The molecule has 2 N–H and O–H groups in total. The molecule has 0 bridgehead atoms. The smallest absolute Gasteiger partial charge is 0.349 e. The van der Waals surface area contributed by atoms with Crippen molar-refractivity contribution in [3.63, 3.8) is 0 Å². The van der Waals surface area contributed by atoms with E-state index in [0.29, 0.717) is 27.3 Å². The minimum absolute atomic E-state index is 0.271. The molecule has 8 heteroatoms. The Morgan fingerprint density at radius 3 is 2.67 bits per heavy atom. The summed E-state index contributed by atoms with van der Waals surface area (Å²) in [7, 11) is 0. The van der Waals surface area contributed by atoms with Crippen LogP contribution in [0.3, 0.4) is 0 Å². The molecule has 3 aromatic rings. The molecule has 0 spiro atoms. The second-order valence-corrected chi connectivity index (χ2v) is 7.33. The highest BCUT2D eigenvalue weighted by Crippen LogP contribution is 2.27. The molecule has 0 saturated carbocycles. The molecule has 1 aromatic carbocycles. The summed E-state index contributed by atoms with van der Waals surface area (Å²) in [4.78, 5) is 44.1. The van der Waals surface area contributed by atoms with Gasteiger partial charge < -0.3 is 15.0 Å². The molecule has 0 radical (unpaired) electrons. The largest absolute Gasteiger partial charge is 0.451 e. The predicted molar refractivity (Wildman–Crippen MR) is 105 cm³/mol. The highest BCUT2D eigenvalue weighted by atomic mass is 32.1. The van der Waals surface area contributed by atoms with Gasteiger partial charge in [-0.25, -0.2) is 9.78 Å². The van der Waals surface area contributed by atoms with Crippen LogP contribution in [-0.2, 0) is 9.53 Å². The zero-order chi connectivity index (χ0) is 19.7. The standard InChI is InChI=1S/C19H19N3O4S/c1-9-5-6-13(10(2)7-9)22-14(23)8-26-19(25)16-11(3)15-17(24)20-12(4)21-18(15)27-16/h5-7H,8H2,1-4H3,(H,22,23)(H,20,21,24). The van der Waals surface area contributed by atoms with Crippen LogP contribution in [0.25, 0.3) is 10.2 Å². The monoisotopic (exact) mass is 385 g/mol. The number of hydrogen-bond acceptors (Lipinski definition) is 6. The number of anilines is 1. The summed E-state index contributed by atoms with van der Waals surface area (Å²) in [5.41, 5.74) is 2.90. The van der Waals surface area contributed by atoms with Crippen LogP contribution in [0, 0.1) is 27.7 Å². The number of hydrogen-bond donors (Lipinski definition) is 2. The van der Waals surface area contributed by atoms with Gasteiger partial charge in [-0.1, -0.05) is 17.7 Å². The molecule has 27 heavy (non-hydrogen) atoms. The third-order valence-corrected chi connectivity index (χ3v) is 5.26. The van der Waals surface area contributed by atoms with E-state index in [1.807, 2.05) is 26.0 Å². The molecule has 0 unspecified atom stereocenters. The van der Waals surface area contributed by atoms with E-state index in [4.69, 9.17) is 4.74 Å². The SMILES string of the molecule is Cc1ccc(NC(=O)COC(=O)c2sc3nc(C)[nH]c(=O)c3c2C)c(C)c1. The topological polar surface area (TPSA) is 101 Å². The van der Waals surface area contributed by atoms with Crippen molar-refractivity contribution in [2.24, 2.45) is 0 Å². The van der Waals surface area contributed by atoms with E-state index in [1.54, 1.807) is 19.9 Å². The molecule has 3 rings (SSSR count). The summed E-state index contributed by atoms with van der Waals surface area (Å²) in [6.45, 7) is 6.78. The number of nitrogens with zero attached hydrogens (tertiary/aromatic N) is 1. The minimum atomic E-state index is -0.650. The van der Waals surface area contributed by atoms with Crippen LogP contribution >= 0.6 is 11.3 Å². The second-order valence-electron chi connectivity index (χ2n) is 6.33. The van der Waals surface area contributed by atoms with Gasteiger partial charge in [-0.15, -0.1) is 11.3 Å². The van der Waals surface area contributed by atoms with Crippen LogP contribution in [-0.4, -0.2) is 28.5 Å². The molecular formula is C19H19N3O4S. The van der Waals surface area contributed by atoms with Gasteiger partial charge in [0.25, 0.3) is 11.5 Å². The van der Waals surface area contributed by atoms with Gasteiger partial charge in [0.05, 0.1) is 5.39 Å². The first-order valence-corrected chi connectivity index (χ1v) is 9.12. The lowest BCUT2D eigenvalue weighted by Gasteiger charge is -2.09. The van der Waals surface area contributed by atoms with Gasteiger partial charge in [-0.3, -0.25) is 9.59 Å². The number of carbonyl (C=O) groups is 2. The third-order valence-electron chi connectivity index (χ3n) is 4.09. The number of aryl methyl sites for hydroxylation is 4. The van der Waals surface area contributed by atoms with Gasteiger partial charge in [0.2, 0.25) is 0 Å². The summed E-state index contributed by atoms with van der Waals surface area (Å²) in [5, 5.41) is 3.09. The lowest BCUT2D eigenvalue weighted by Crippen LogP contribution is -2.21. The van der Waals surface area contributed by atoms with Crippen molar-refractivity contribution in [2.45, 2.75) is 27.7 Å². The summed E-state index contributed by atoms with van der Waals surface area (Å²) in [6, 6.07) is 5.65. The van der Waals surface area contributed by atoms with Crippen molar-refractivity contribution in [1.29, 1.82) is 0 Å². The average Bonchev–Trinajstić information content (AvgIpc) is 2.92. The summed E-state index contributed by atoms with van der Waals surface area (Å²) < 4.78 is 5.13. The van der Waals surface area contributed by atoms with E-state index in [9.17, 15) is 14.4 Å². The highest BCUT2D eigenvalue weighted by molar-refractivity contribution is 7.20. The molecule has 2 aromatic heterocycles. The van der Waals surface area contributed by atoms with Gasteiger partial charge in [-0.05, 0) is 44.9 Å². The van der Waals surface area contributed by atoms with Crippen LogP contribution in [0.4, 0.5) is 5.69 Å². The van der Waals surface area contributed by atoms with Gasteiger partial charge in [0.15, 0.2) is 6.61 Å². The van der Waals surface area contributed by atoms with Gasteiger partial charge in [-0.2, -0.15) is 0 Å². The normalized spacial score (nSPS) is 10.8. The van der Waals surface area contributed by atoms with E-state index < -0.39 is 18.5 Å². The fourth-order valence-electron chi connectivity index (χ4n) is 2.78. The lowest BCUT2D eigenvalue weighted by molar-refractivity contribution is -0.119. The maximum Gasteiger partial charge on any atom is 0.349 e. The maximum atomic E-state index is 12.4. The quantitative estimate of drug-likeness (QED) is 0.672. The first-order chi connectivity index (χ1) is 12.8. The molecule has 0 aliphatic carbocycles. The average molecular weight is 385 g/mol. The molecule has 0 aliphatic heterocycles. The summed E-state index contributed by atoms with van der Waals surface area (Å²) >= 11 is 1.08. The fraction of sp³-hybridized carbons (Fsp3) is 0.263. The summed E-state index contributed by atoms with van der Waals surface area (Å²) in [5.74, 6) is -0.606. The van der Waals surface area contributed by atoms with Crippen molar-refractivity contribution in [3.05, 3.63) is 55.9 Å². The molecular weight excluding hydrogens is 366 g/mol. The van der Waals surface area contributed by atoms with Crippen molar-refractivity contribution < 1.29 is 14.3 Å². The Balaban J connectivity index is 1.71. The number of thiophene rings is 1. The van der Waals surface area contributed by atoms with Crippen LogP contribution in [0.2, 0.25) is 0 Å². The third kappa shape index (κ3) is 3.90. The second kappa shape index (κ2) is 7.32. The number of benzene rings is 1. The van der Waals surface area contributed by atoms with Crippen molar-refractivity contribution in [3.8, 4) is 0 Å².